The van der Waals surface area contributed by atoms with Gasteiger partial charge in [-0.1, -0.05) is 12.1 Å². The first-order chi connectivity index (χ1) is 14.7. The lowest BCUT2D eigenvalue weighted by Crippen LogP contribution is -2.41. The number of aromatic nitrogens is 3. The number of pyridine rings is 1. The van der Waals surface area contributed by atoms with E-state index in [1.165, 1.54) is 0 Å². The van der Waals surface area contributed by atoms with Crippen LogP contribution in [0.3, 0.4) is 0 Å². The van der Waals surface area contributed by atoms with Gasteiger partial charge in [-0.25, -0.2) is 9.97 Å². The molecule has 0 aliphatic carbocycles. The molecule has 4 aromatic rings. The molecule has 5 rings (SSSR count). The molecule has 0 bridgehead atoms. The third-order valence-corrected chi connectivity index (χ3v) is 6.42. The molecular weight excluding hydrogens is 389 g/mol. The molecule has 4 heterocycles. The van der Waals surface area contributed by atoms with Crippen molar-refractivity contribution in [3.8, 4) is 17.3 Å². The summed E-state index contributed by atoms with van der Waals surface area (Å²) >= 11 is 0. The zero-order valence-corrected chi connectivity index (χ0v) is 18.8. The first-order valence-electron chi connectivity index (χ1n) is 10.5. The molecule has 1 aliphatic heterocycles. The number of nitrogens with zero attached hydrogens (tertiary/aromatic N) is 3. The summed E-state index contributed by atoms with van der Waals surface area (Å²) in [6, 6.07) is 13.9. The summed E-state index contributed by atoms with van der Waals surface area (Å²) in [4.78, 5) is 9.57. The van der Waals surface area contributed by atoms with Gasteiger partial charge in [0, 0.05) is 23.0 Å². The lowest BCUT2D eigenvalue weighted by molar-refractivity contribution is 0.00578. The molecule has 1 aliphatic rings. The predicted molar refractivity (Wildman–Crippen MR) is 122 cm³/mol. The molecule has 1 aromatic carbocycles. The summed E-state index contributed by atoms with van der Waals surface area (Å²) in [5.41, 5.74) is 4.50. The minimum Gasteiger partial charge on any atom is -0.436 e. The number of benzene rings is 1. The van der Waals surface area contributed by atoms with Crippen molar-refractivity contribution in [3.05, 3.63) is 60.0 Å². The van der Waals surface area contributed by atoms with Crippen LogP contribution in [-0.4, -0.2) is 32.9 Å². The Labute approximate surface area is 182 Å². The van der Waals surface area contributed by atoms with E-state index in [1.54, 1.807) is 0 Å². The molecule has 0 N–H and O–H groups in total. The highest BCUT2D eigenvalue weighted by Gasteiger charge is 2.52. The van der Waals surface area contributed by atoms with Crippen molar-refractivity contribution in [2.75, 3.05) is 0 Å². The van der Waals surface area contributed by atoms with Gasteiger partial charge in [0.15, 0.2) is 5.58 Å². The van der Waals surface area contributed by atoms with Crippen LogP contribution in [0.1, 0.15) is 39.1 Å². The first kappa shape index (κ1) is 20.0. The Morgan fingerprint density at radius 1 is 0.903 bits per heavy atom. The molecule has 0 unspecified atom stereocenters. The van der Waals surface area contributed by atoms with Crippen molar-refractivity contribution in [2.24, 2.45) is 0 Å². The molecule has 158 valence electrons. The molecule has 3 aromatic heterocycles. The third-order valence-electron chi connectivity index (χ3n) is 6.42. The second kappa shape index (κ2) is 6.80. The number of fused-ring (bicyclic) bond motifs is 1. The molecule has 31 heavy (non-hydrogen) atoms. The van der Waals surface area contributed by atoms with Gasteiger partial charge in [-0.05, 0) is 71.9 Å². The standard InChI is InChI=1S/C24H26BN3O3/c1-15-11-12-16(2)28(15)21-18(22-27-19-9-7-8-10-20(19)29-22)13-17(14-26-21)25-30-23(3,4)24(5,6)31-25/h7-14H,1-6H3. The molecule has 0 atom stereocenters. The minimum atomic E-state index is -0.512. The van der Waals surface area contributed by atoms with Gasteiger partial charge in [0.1, 0.15) is 11.3 Å². The highest BCUT2D eigenvalue weighted by Crippen LogP contribution is 2.37. The molecule has 1 fully saturated rings. The Kier molecular flexibility index (Phi) is 4.40. The van der Waals surface area contributed by atoms with Crippen LogP contribution in [0.2, 0.25) is 0 Å². The predicted octanol–water partition coefficient (Wildman–Crippen LogP) is 4.60. The highest BCUT2D eigenvalue weighted by molar-refractivity contribution is 6.62. The van der Waals surface area contributed by atoms with E-state index in [0.717, 1.165) is 39.3 Å². The van der Waals surface area contributed by atoms with Crippen molar-refractivity contribution >= 4 is 23.7 Å². The van der Waals surface area contributed by atoms with Crippen LogP contribution in [0.25, 0.3) is 28.4 Å². The van der Waals surface area contributed by atoms with Gasteiger partial charge in [-0.15, -0.1) is 0 Å². The normalized spacial score (nSPS) is 17.5. The number of aryl methyl sites for hydroxylation is 2. The van der Waals surface area contributed by atoms with E-state index >= 15 is 0 Å². The molecule has 0 saturated carbocycles. The summed E-state index contributed by atoms with van der Waals surface area (Å²) in [5, 5.41) is 0. The lowest BCUT2D eigenvalue weighted by atomic mass is 9.79. The molecular formula is C24H26BN3O3. The zero-order chi connectivity index (χ0) is 22.0. The quantitative estimate of drug-likeness (QED) is 0.458. The average Bonchev–Trinajstić information content (AvgIpc) is 3.35. The molecule has 7 heteroatoms. The van der Waals surface area contributed by atoms with Crippen LogP contribution in [0.4, 0.5) is 0 Å². The fourth-order valence-corrected chi connectivity index (χ4v) is 3.91. The second-order valence-corrected chi connectivity index (χ2v) is 9.17. The van der Waals surface area contributed by atoms with E-state index in [1.807, 2.05) is 64.2 Å². The van der Waals surface area contributed by atoms with Crippen LogP contribution < -0.4 is 5.46 Å². The third kappa shape index (κ3) is 3.20. The maximum atomic E-state index is 6.26. The van der Waals surface area contributed by atoms with Crippen LogP contribution in [0.15, 0.2) is 53.1 Å². The Bertz CT molecular complexity index is 1220. The summed E-state index contributed by atoms with van der Waals surface area (Å²) < 4.78 is 20.8. The molecule has 0 amide bonds. The molecule has 1 saturated heterocycles. The van der Waals surface area contributed by atoms with Crippen LogP contribution >= 0.6 is 0 Å². The van der Waals surface area contributed by atoms with E-state index in [2.05, 4.69) is 30.5 Å². The molecule has 0 radical (unpaired) electrons. The van der Waals surface area contributed by atoms with Gasteiger partial charge < -0.3 is 18.3 Å². The zero-order valence-electron chi connectivity index (χ0n) is 18.8. The second-order valence-electron chi connectivity index (χ2n) is 9.17. The number of rotatable bonds is 3. The van der Waals surface area contributed by atoms with Crippen molar-refractivity contribution in [2.45, 2.75) is 52.7 Å². The van der Waals surface area contributed by atoms with Crippen LogP contribution in [-0.2, 0) is 9.31 Å². The van der Waals surface area contributed by atoms with E-state index in [0.29, 0.717) is 5.89 Å². The fourth-order valence-electron chi connectivity index (χ4n) is 3.91. The minimum absolute atomic E-state index is 0.429. The maximum absolute atomic E-state index is 6.26. The molecule has 6 nitrogen and oxygen atoms in total. The van der Waals surface area contributed by atoms with E-state index in [-0.39, 0.29) is 0 Å². The van der Waals surface area contributed by atoms with Crippen LogP contribution in [0.5, 0.6) is 0 Å². The van der Waals surface area contributed by atoms with Gasteiger partial charge in [-0.3, -0.25) is 0 Å². The largest absolute Gasteiger partial charge is 0.496 e. The van der Waals surface area contributed by atoms with E-state index in [4.69, 9.17) is 23.7 Å². The molecule has 0 spiro atoms. The van der Waals surface area contributed by atoms with Gasteiger partial charge in [0.25, 0.3) is 0 Å². The van der Waals surface area contributed by atoms with Crippen LogP contribution in [0, 0.1) is 13.8 Å². The Balaban J connectivity index is 1.68. The summed E-state index contributed by atoms with van der Waals surface area (Å²) in [6.45, 7) is 12.3. The summed E-state index contributed by atoms with van der Waals surface area (Å²) in [5.74, 6) is 1.29. The maximum Gasteiger partial charge on any atom is 0.496 e. The lowest BCUT2D eigenvalue weighted by Gasteiger charge is -2.32. The topological polar surface area (TPSA) is 62.3 Å². The van der Waals surface area contributed by atoms with Gasteiger partial charge in [-0.2, -0.15) is 0 Å². The first-order valence-corrected chi connectivity index (χ1v) is 10.5. The van der Waals surface area contributed by atoms with Crippen molar-refractivity contribution in [3.63, 3.8) is 0 Å². The van der Waals surface area contributed by atoms with E-state index < -0.39 is 18.3 Å². The summed E-state index contributed by atoms with van der Waals surface area (Å²) in [6.07, 6.45) is 1.82. The number of hydrogen-bond donors (Lipinski definition) is 0. The summed E-state index contributed by atoms with van der Waals surface area (Å²) in [7, 11) is -0.512. The van der Waals surface area contributed by atoms with Gasteiger partial charge >= 0.3 is 7.12 Å². The smallest absolute Gasteiger partial charge is 0.436 e. The number of oxazole rings is 1. The highest BCUT2D eigenvalue weighted by atomic mass is 16.7. The number of hydrogen-bond acceptors (Lipinski definition) is 5. The Morgan fingerprint density at radius 3 is 2.19 bits per heavy atom. The van der Waals surface area contributed by atoms with Crippen molar-refractivity contribution in [1.82, 2.24) is 14.5 Å². The SMILES string of the molecule is Cc1ccc(C)n1-c1ncc(B2OC(C)(C)C(C)(C)O2)cc1-c1nc2ccccc2o1. The average molecular weight is 415 g/mol. The Morgan fingerprint density at radius 2 is 1.55 bits per heavy atom. The Hall–Kier alpha value is -2.90. The van der Waals surface area contributed by atoms with Crippen molar-refractivity contribution < 1.29 is 13.7 Å². The van der Waals surface area contributed by atoms with Crippen molar-refractivity contribution in [1.29, 1.82) is 0 Å². The van der Waals surface area contributed by atoms with Gasteiger partial charge in [0.2, 0.25) is 5.89 Å². The van der Waals surface area contributed by atoms with E-state index in [9.17, 15) is 0 Å². The van der Waals surface area contributed by atoms with Gasteiger partial charge in [0.05, 0.1) is 16.8 Å². The monoisotopic (exact) mass is 415 g/mol. The number of para-hydroxylation sites is 2. The fraction of sp³-hybridized carbons (Fsp3) is 0.333.